The van der Waals surface area contributed by atoms with Crippen LogP contribution in [0.15, 0.2) is 59.4 Å². The van der Waals surface area contributed by atoms with Gasteiger partial charge in [0.15, 0.2) is 0 Å². The van der Waals surface area contributed by atoms with E-state index in [4.69, 9.17) is 0 Å². The second kappa shape index (κ2) is 3.90. The van der Waals surface area contributed by atoms with Gasteiger partial charge < -0.3 is 0 Å². The number of hydrogen-bond donors (Lipinski definition) is 0. The number of benzene rings is 3. The van der Waals surface area contributed by atoms with Gasteiger partial charge in [0, 0.05) is 23.9 Å². The van der Waals surface area contributed by atoms with E-state index in [2.05, 4.69) is 23.3 Å². The quantitative estimate of drug-likeness (QED) is 0.455. The van der Waals surface area contributed by atoms with Crippen molar-refractivity contribution >= 4 is 32.4 Å². The van der Waals surface area contributed by atoms with Gasteiger partial charge in [-0.2, -0.15) is 5.10 Å². The van der Waals surface area contributed by atoms with Gasteiger partial charge in [-0.3, -0.25) is 4.79 Å². The second-order valence-electron chi connectivity index (χ2n) is 4.96. The molecule has 0 amide bonds. The highest BCUT2D eigenvalue weighted by Crippen LogP contribution is 2.32. The van der Waals surface area contributed by atoms with Crippen molar-refractivity contribution in [3.8, 4) is 0 Å². The lowest BCUT2D eigenvalue weighted by atomic mass is 9.98. The Labute approximate surface area is 115 Å². The summed E-state index contributed by atoms with van der Waals surface area (Å²) in [6, 6.07) is 18.0. The van der Waals surface area contributed by atoms with E-state index in [1.807, 2.05) is 30.3 Å². The van der Waals surface area contributed by atoms with Crippen LogP contribution < -0.4 is 5.56 Å². The molecule has 3 heteroatoms. The van der Waals surface area contributed by atoms with Crippen LogP contribution in [0, 0.1) is 0 Å². The average molecular weight is 260 g/mol. The highest BCUT2D eigenvalue weighted by molar-refractivity contribution is 6.23. The molecule has 20 heavy (non-hydrogen) atoms. The minimum absolute atomic E-state index is 0.0852. The van der Waals surface area contributed by atoms with Crippen LogP contribution in [0.1, 0.15) is 0 Å². The monoisotopic (exact) mass is 260 g/mol. The van der Waals surface area contributed by atoms with E-state index >= 15 is 0 Å². The van der Waals surface area contributed by atoms with Crippen molar-refractivity contribution < 1.29 is 0 Å². The Morgan fingerprint density at radius 3 is 1.95 bits per heavy atom. The van der Waals surface area contributed by atoms with Crippen LogP contribution in [0.25, 0.3) is 32.4 Å². The molecule has 4 aromatic rings. The topological polar surface area (TPSA) is 34.9 Å². The molecule has 0 aliphatic rings. The molecule has 0 atom stereocenters. The summed E-state index contributed by atoms with van der Waals surface area (Å²) in [4.78, 5) is 11.9. The Morgan fingerprint density at radius 1 is 0.800 bits per heavy atom. The largest absolute Gasteiger partial charge is 0.268 e. The number of rotatable bonds is 0. The maximum absolute atomic E-state index is 11.9. The predicted octanol–water partition coefficient (Wildman–Crippen LogP) is 3.24. The number of aryl methyl sites for hydroxylation is 1. The Balaban J connectivity index is 2.45. The molecule has 1 aromatic heterocycles. The minimum Gasteiger partial charge on any atom is -0.268 e. The molecule has 0 N–H and O–H groups in total. The van der Waals surface area contributed by atoms with Gasteiger partial charge in [-0.25, -0.2) is 4.68 Å². The molecule has 0 fully saturated rings. The van der Waals surface area contributed by atoms with Crippen molar-refractivity contribution in [3.05, 3.63) is 65.0 Å². The molecule has 0 saturated heterocycles. The van der Waals surface area contributed by atoms with E-state index in [0.29, 0.717) is 0 Å². The third-order valence-corrected chi connectivity index (χ3v) is 3.78. The van der Waals surface area contributed by atoms with Crippen molar-refractivity contribution in [2.45, 2.75) is 0 Å². The molecule has 3 aromatic carbocycles. The third kappa shape index (κ3) is 1.40. The van der Waals surface area contributed by atoms with Gasteiger partial charge in [-0.05, 0) is 16.2 Å². The summed E-state index contributed by atoms with van der Waals surface area (Å²) >= 11 is 0. The Kier molecular flexibility index (Phi) is 2.18. The lowest BCUT2D eigenvalue weighted by Crippen LogP contribution is -2.18. The number of aromatic nitrogens is 2. The molecule has 0 saturated carbocycles. The standard InChI is InChI=1S/C17H12N2O/c1-19-16(20)10-15-13-8-3-2-6-11(13)12-7-4-5-9-14(12)17(15)18-19/h2-10H,1H3. The Morgan fingerprint density at radius 2 is 1.30 bits per heavy atom. The van der Waals surface area contributed by atoms with Gasteiger partial charge in [0.25, 0.3) is 5.56 Å². The van der Waals surface area contributed by atoms with Crippen LogP contribution in [0.3, 0.4) is 0 Å². The summed E-state index contributed by atoms with van der Waals surface area (Å²) in [5, 5.41) is 9.86. The van der Waals surface area contributed by atoms with Gasteiger partial charge in [-0.15, -0.1) is 0 Å². The first-order valence-electron chi connectivity index (χ1n) is 6.53. The van der Waals surface area contributed by atoms with E-state index in [-0.39, 0.29) is 5.56 Å². The van der Waals surface area contributed by atoms with E-state index in [9.17, 15) is 4.79 Å². The molecule has 0 radical (unpaired) electrons. The summed E-state index contributed by atoms with van der Waals surface area (Å²) < 4.78 is 1.39. The maximum Gasteiger partial charge on any atom is 0.267 e. The molecule has 1 heterocycles. The molecule has 0 aliphatic heterocycles. The first-order chi connectivity index (χ1) is 9.75. The Bertz CT molecular complexity index is 1030. The molecule has 3 nitrogen and oxygen atoms in total. The van der Waals surface area contributed by atoms with Gasteiger partial charge in [0.2, 0.25) is 0 Å². The van der Waals surface area contributed by atoms with Gasteiger partial charge >= 0.3 is 0 Å². The van der Waals surface area contributed by atoms with Crippen molar-refractivity contribution in [1.29, 1.82) is 0 Å². The van der Waals surface area contributed by atoms with Crippen molar-refractivity contribution in [1.82, 2.24) is 9.78 Å². The minimum atomic E-state index is -0.0852. The summed E-state index contributed by atoms with van der Waals surface area (Å²) in [7, 11) is 1.69. The predicted molar refractivity (Wildman–Crippen MR) is 82.0 cm³/mol. The summed E-state index contributed by atoms with van der Waals surface area (Å²) in [5.74, 6) is 0. The highest BCUT2D eigenvalue weighted by Gasteiger charge is 2.10. The maximum atomic E-state index is 11.9. The molecule has 0 unspecified atom stereocenters. The SMILES string of the molecule is Cn1nc2c3ccccc3c3ccccc3c2cc1=O. The lowest BCUT2D eigenvalue weighted by Gasteiger charge is -2.09. The van der Waals surface area contributed by atoms with Crippen molar-refractivity contribution in [2.75, 3.05) is 0 Å². The molecular weight excluding hydrogens is 248 g/mol. The molecule has 0 spiro atoms. The van der Waals surface area contributed by atoms with Crippen LogP contribution >= 0.6 is 0 Å². The van der Waals surface area contributed by atoms with Crippen LogP contribution in [0.5, 0.6) is 0 Å². The number of hydrogen-bond acceptors (Lipinski definition) is 2. The first kappa shape index (κ1) is 11.2. The van der Waals surface area contributed by atoms with E-state index in [0.717, 1.165) is 27.1 Å². The van der Waals surface area contributed by atoms with Crippen molar-refractivity contribution in [3.63, 3.8) is 0 Å². The number of nitrogens with zero attached hydrogens (tertiary/aromatic N) is 2. The van der Waals surface area contributed by atoms with Gasteiger partial charge in [0.1, 0.15) is 0 Å². The smallest absolute Gasteiger partial charge is 0.267 e. The zero-order valence-electron chi connectivity index (χ0n) is 11.0. The van der Waals surface area contributed by atoms with Crippen LogP contribution in [-0.2, 0) is 7.05 Å². The Hall–Kier alpha value is -2.68. The van der Waals surface area contributed by atoms with E-state index in [1.165, 1.54) is 10.1 Å². The van der Waals surface area contributed by atoms with E-state index < -0.39 is 0 Å². The lowest BCUT2D eigenvalue weighted by molar-refractivity contribution is 0.728. The fourth-order valence-electron chi connectivity index (χ4n) is 2.82. The van der Waals surface area contributed by atoms with Gasteiger partial charge in [-0.1, -0.05) is 48.5 Å². The van der Waals surface area contributed by atoms with Crippen LogP contribution in [0.4, 0.5) is 0 Å². The van der Waals surface area contributed by atoms with Crippen molar-refractivity contribution in [2.24, 2.45) is 7.05 Å². The normalized spacial score (nSPS) is 11.4. The molecular formula is C17H12N2O. The zero-order chi connectivity index (χ0) is 13.7. The highest BCUT2D eigenvalue weighted by atomic mass is 16.1. The average Bonchev–Trinajstić information content (AvgIpc) is 2.49. The fourth-order valence-corrected chi connectivity index (χ4v) is 2.82. The van der Waals surface area contributed by atoms with Crippen LogP contribution in [-0.4, -0.2) is 9.78 Å². The third-order valence-electron chi connectivity index (χ3n) is 3.78. The van der Waals surface area contributed by atoms with Crippen LogP contribution in [0.2, 0.25) is 0 Å². The molecule has 96 valence electrons. The molecule has 0 aliphatic carbocycles. The molecule has 4 rings (SSSR count). The van der Waals surface area contributed by atoms with Gasteiger partial charge in [0.05, 0.1) is 5.52 Å². The second-order valence-corrected chi connectivity index (χ2v) is 4.96. The summed E-state index contributed by atoms with van der Waals surface area (Å²) in [6.07, 6.45) is 0. The summed E-state index contributed by atoms with van der Waals surface area (Å²) in [5.41, 5.74) is 0.791. The fraction of sp³-hybridized carbons (Fsp3) is 0.0588. The van der Waals surface area contributed by atoms with E-state index in [1.54, 1.807) is 13.1 Å². The molecule has 0 bridgehead atoms. The first-order valence-corrected chi connectivity index (χ1v) is 6.53. The summed E-state index contributed by atoms with van der Waals surface area (Å²) in [6.45, 7) is 0. The zero-order valence-corrected chi connectivity index (χ0v) is 11.0. The number of fused-ring (bicyclic) bond motifs is 6.